The van der Waals surface area contributed by atoms with E-state index in [1.807, 2.05) is 6.08 Å². The molecule has 56 valence electrons. The molecule has 0 amide bonds. The Morgan fingerprint density at radius 3 is 3.20 bits per heavy atom. The first-order chi connectivity index (χ1) is 4.93. The van der Waals surface area contributed by atoms with Gasteiger partial charge in [0.2, 0.25) is 0 Å². The molecule has 0 heteroatoms. The zero-order valence-corrected chi connectivity index (χ0v) is 6.55. The van der Waals surface area contributed by atoms with Crippen molar-refractivity contribution in [2.75, 3.05) is 0 Å². The van der Waals surface area contributed by atoms with Crippen LogP contribution in [-0.2, 0) is 0 Å². The van der Waals surface area contributed by atoms with E-state index in [9.17, 15) is 0 Å². The average molecular weight is 136 g/mol. The highest BCUT2D eigenvalue weighted by molar-refractivity contribution is 4.93. The summed E-state index contributed by atoms with van der Waals surface area (Å²) in [5.74, 6) is 0.792. The highest BCUT2D eigenvalue weighted by Gasteiger charge is 2.04. The minimum absolute atomic E-state index is 0.792. The van der Waals surface area contributed by atoms with Gasteiger partial charge in [0, 0.05) is 0 Å². The highest BCUT2D eigenvalue weighted by atomic mass is 14.1. The van der Waals surface area contributed by atoms with E-state index >= 15 is 0 Å². The molecule has 0 bridgehead atoms. The van der Waals surface area contributed by atoms with Crippen LogP contribution < -0.4 is 0 Å². The summed E-state index contributed by atoms with van der Waals surface area (Å²) in [5.41, 5.74) is 0. The van der Waals surface area contributed by atoms with Gasteiger partial charge < -0.3 is 0 Å². The number of allylic oxidation sites excluding steroid dienone is 3. The van der Waals surface area contributed by atoms with Crippen LogP contribution in [0.5, 0.6) is 0 Å². The minimum atomic E-state index is 0.792. The van der Waals surface area contributed by atoms with Crippen molar-refractivity contribution in [3.63, 3.8) is 0 Å². The van der Waals surface area contributed by atoms with Gasteiger partial charge in [0.25, 0.3) is 0 Å². The number of hydrogen-bond acceptors (Lipinski definition) is 0. The van der Waals surface area contributed by atoms with Gasteiger partial charge in [-0.15, -0.1) is 6.58 Å². The lowest BCUT2D eigenvalue weighted by Gasteiger charge is -2.05. The van der Waals surface area contributed by atoms with Crippen LogP contribution in [0.1, 0.15) is 32.1 Å². The molecule has 0 spiro atoms. The SMILES string of the molecule is C=CCC1C=CCCCC1. The fourth-order valence-electron chi connectivity index (χ4n) is 1.46. The van der Waals surface area contributed by atoms with E-state index in [2.05, 4.69) is 18.7 Å². The maximum atomic E-state index is 3.75. The standard InChI is InChI=1S/C10H16/c1-2-7-10-8-5-3-4-6-9-10/h2,5,8,10H,1,3-4,6-7,9H2. The van der Waals surface area contributed by atoms with Gasteiger partial charge in [0.1, 0.15) is 0 Å². The highest BCUT2D eigenvalue weighted by Crippen LogP contribution is 2.19. The summed E-state index contributed by atoms with van der Waals surface area (Å²) >= 11 is 0. The monoisotopic (exact) mass is 136 g/mol. The van der Waals surface area contributed by atoms with E-state index in [4.69, 9.17) is 0 Å². The zero-order valence-electron chi connectivity index (χ0n) is 6.55. The van der Waals surface area contributed by atoms with Crippen molar-refractivity contribution in [3.8, 4) is 0 Å². The first-order valence-corrected chi connectivity index (χ1v) is 4.21. The minimum Gasteiger partial charge on any atom is -0.103 e. The topological polar surface area (TPSA) is 0 Å². The van der Waals surface area contributed by atoms with Gasteiger partial charge in [-0.25, -0.2) is 0 Å². The van der Waals surface area contributed by atoms with Gasteiger partial charge in [0.05, 0.1) is 0 Å². The molecule has 0 radical (unpaired) electrons. The molecule has 0 N–H and O–H groups in total. The second-order valence-electron chi connectivity index (χ2n) is 3.00. The molecule has 0 aromatic rings. The van der Waals surface area contributed by atoms with Crippen molar-refractivity contribution in [2.24, 2.45) is 5.92 Å². The predicted octanol–water partition coefficient (Wildman–Crippen LogP) is 3.31. The molecule has 0 aromatic heterocycles. The summed E-state index contributed by atoms with van der Waals surface area (Å²) < 4.78 is 0. The normalized spacial score (nSPS) is 25.8. The second kappa shape index (κ2) is 4.32. The molecule has 1 atom stereocenters. The molecule has 0 nitrogen and oxygen atoms in total. The molecule has 1 unspecified atom stereocenters. The molecule has 1 aliphatic rings. The fourth-order valence-corrected chi connectivity index (χ4v) is 1.46. The number of hydrogen-bond donors (Lipinski definition) is 0. The molecule has 0 heterocycles. The first kappa shape index (κ1) is 7.59. The lowest BCUT2D eigenvalue weighted by molar-refractivity contribution is 0.569. The van der Waals surface area contributed by atoms with Crippen LogP contribution in [0.2, 0.25) is 0 Å². The van der Waals surface area contributed by atoms with Crippen molar-refractivity contribution in [2.45, 2.75) is 32.1 Å². The lowest BCUT2D eigenvalue weighted by atomic mass is 10.0. The summed E-state index contributed by atoms with van der Waals surface area (Å²) in [7, 11) is 0. The largest absolute Gasteiger partial charge is 0.103 e. The molecule has 0 saturated carbocycles. The summed E-state index contributed by atoms with van der Waals surface area (Å²) in [6, 6.07) is 0. The van der Waals surface area contributed by atoms with E-state index in [0.717, 1.165) is 12.3 Å². The van der Waals surface area contributed by atoms with E-state index in [1.54, 1.807) is 0 Å². The molecular weight excluding hydrogens is 120 g/mol. The van der Waals surface area contributed by atoms with Crippen molar-refractivity contribution >= 4 is 0 Å². The van der Waals surface area contributed by atoms with Crippen LogP contribution in [0.3, 0.4) is 0 Å². The molecule has 0 aromatic carbocycles. The van der Waals surface area contributed by atoms with Crippen LogP contribution in [0.15, 0.2) is 24.8 Å². The smallest absolute Gasteiger partial charge is 0.0199 e. The van der Waals surface area contributed by atoms with E-state index in [1.165, 1.54) is 25.7 Å². The van der Waals surface area contributed by atoms with Crippen LogP contribution in [-0.4, -0.2) is 0 Å². The predicted molar refractivity (Wildman–Crippen MR) is 45.9 cm³/mol. The first-order valence-electron chi connectivity index (χ1n) is 4.21. The summed E-state index contributed by atoms with van der Waals surface area (Å²) in [5, 5.41) is 0. The Labute approximate surface area is 63.6 Å². The van der Waals surface area contributed by atoms with Gasteiger partial charge in [-0.3, -0.25) is 0 Å². The Bertz CT molecular complexity index is 122. The third-order valence-corrected chi connectivity index (χ3v) is 2.07. The quantitative estimate of drug-likeness (QED) is 0.511. The van der Waals surface area contributed by atoms with Crippen LogP contribution >= 0.6 is 0 Å². The lowest BCUT2D eigenvalue weighted by Crippen LogP contribution is -1.91. The Morgan fingerprint density at radius 2 is 2.40 bits per heavy atom. The summed E-state index contributed by atoms with van der Waals surface area (Å²) in [6.07, 6.45) is 13.3. The second-order valence-corrected chi connectivity index (χ2v) is 3.00. The average Bonchev–Trinajstić information content (AvgIpc) is 2.17. The molecule has 0 aliphatic heterocycles. The molecule has 1 aliphatic carbocycles. The van der Waals surface area contributed by atoms with Gasteiger partial charge in [-0.05, 0) is 31.6 Å². The van der Waals surface area contributed by atoms with E-state index in [-0.39, 0.29) is 0 Å². The van der Waals surface area contributed by atoms with Crippen molar-refractivity contribution in [1.29, 1.82) is 0 Å². The Kier molecular flexibility index (Phi) is 3.28. The Balaban J connectivity index is 2.33. The van der Waals surface area contributed by atoms with Crippen LogP contribution in [0.25, 0.3) is 0 Å². The van der Waals surface area contributed by atoms with Crippen LogP contribution in [0, 0.1) is 5.92 Å². The van der Waals surface area contributed by atoms with Crippen molar-refractivity contribution in [3.05, 3.63) is 24.8 Å². The molecular formula is C10H16. The Hall–Kier alpha value is -0.520. The maximum absolute atomic E-state index is 3.75. The molecule has 0 fully saturated rings. The summed E-state index contributed by atoms with van der Waals surface area (Å²) in [4.78, 5) is 0. The van der Waals surface area contributed by atoms with E-state index in [0.29, 0.717) is 0 Å². The zero-order chi connectivity index (χ0) is 7.23. The fraction of sp³-hybridized carbons (Fsp3) is 0.600. The van der Waals surface area contributed by atoms with Crippen molar-refractivity contribution < 1.29 is 0 Å². The molecule has 0 saturated heterocycles. The summed E-state index contributed by atoms with van der Waals surface area (Å²) in [6.45, 7) is 3.75. The molecule has 10 heavy (non-hydrogen) atoms. The number of rotatable bonds is 2. The van der Waals surface area contributed by atoms with Gasteiger partial charge in [0.15, 0.2) is 0 Å². The van der Waals surface area contributed by atoms with Gasteiger partial charge >= 0.3 is 0 Å². The third-order valence-electron chi connectivity index (χ3n) is 2.07. The van der Waals surface area contributed by atoms with E-state index < -0.39 is 0 Å². The maximum Gasteiger partial charge on any atom is -0.0199 e. The molecule has 1 rings (SSSR count). The Morgan fingerprint density at radius 1 is 1.50 bits per heavy atom. The van der Waals surface area contributed by atoms with Crippen molar-refractivity contribution in [1.82, 2.24) is 0 Å². The van der Waals surface area contributed by atoms with Gasteiger partial charge in [-0.1, -0.05) is 24.6 Å². The van der Waals surface area contributed by atoms with Crippen LogP contribution in [0.4, 0.5) is 0 Å². The third kappa shape index (κ3) is 2.38. The van der Waals surface area contributed by atoms with Gasteiger partial charge in [-0.2, -0.15) is 0 Å².